The largest absolute Gasteiger partial charge is 0.325 e. The molecule has 18 heavy (non-hydrogen) atoms. The summed E-state index contributed by atoms with van der Waals surface area (Å²) in [7, 11) is 1.73. The van der Waals surface area contributed by atoms with E-state index in [1.165, 1.54) is 11.2 Å². The topological polar surface area (TPSA) is 92.2 Å². The van der Waals surface area contributed by atoms with Crippen molar-refractivity contribution in [1.82, 2.24) is 30.3 Å². The fraction of sp³-hybridized carbons (Fsp3) is 0.600. The number of nitrogens with zero attached hydrogens (tertiary/aromatic N) is 4. The molecule has 1 unspecified atom stereocenters. The Morgan fingerprint density at radius 1 is 1.50 bits per heavy atom. The zero-order valence-electron chi connectivity index (χ0n) is 10.0. The SMILES string of the molecule is Cn1ncnc1CN1C(=O)NC2(CCNC2)C1=O. The van der Waals surface area contributed by atoms with Crippen LogP contribution < -0.4 is 10.6 Å². The summed E-state index contributed by atoms with van der Waals surface area (Å²) < 4.78 is 1.55. The van der Waals surface area contributed by atoms with Crippen LogP contribution in [0.2, 0.25) is 0 Å². The predicted octanol–water partition coefficient (Wildman–Crippen LogP) is -1.40. The van der Waals surface area contributed by atoms with Crippen molar-refractivity contribution >= 4 is 11.9 Å². The number of aromatic nitrogens is 3. The molecule has 3 heterocycles. The molecule has 2 fully saturated rings. The van der Waals surface area contributed by atoms with Crippen LogP contribution in [-0.2, 0) is 18.4 Å². The lowest BCUT2D eigenvalue weighted by molar-refractivity contribution is -0.131. The van der Waals surface area contributed by atoms with Crippen LogP contribution in [-0.4, -0.2) is 50.2 Å². The Morgan fingerprint density at radius 2 is 2.33 bits per heavy atom. The summed E-state index contributed by atoms with van der Waals surface area (Å²) in [4.78, 5) is 29.4. The van der Waals surface area contributed by atoms with E-state index in [0.717, 1.165) is 6.54 Å². The maximum atomic E-state index is 12.3. The van der Waals surface area contributed by atoms with Crippen LogP contribution in [0.5, 0.6) is 0 Å². The second-order valence-electron chi connectivity index (χ2n) is 4.63. The number of imide groups is 1. The first-order valence-corrected chi connectivity index (χ1v) is 5.80. The number of carbonyl (C=O) groups is 2. The molecule has 0 bridgehead atoms. The molecular formula is C10H14N6O2. The van der Waals surface area contributed by atoms with Crippen LogP contribution in [0, 0.1) is 0 Å². The Hall–Kier alpha value is -1.96. The lowest BCUT2D eigenvalue weighted by Crippen LogP contribution is -2.48. The van der Waals surface area contributed by atoms with Gasteiger partial charge in [0.15, 0.2) is 0 Å². The molecule has 0 aliphatic carbocycles. The molecule has 0 aromatic carbocycles. The zero-order valence-corrected chi connectivity index (χ0v) is 10.0. The number of hydrogen-bond acceptors (Lipinski definition) is 5. The average Bonchev–Trinajstić information content (AvgIpc) is 3.00. The number of hydrogen-bond donors (Lipinski definition) is 2. The standard InChI is InChI=1S/C10H14N6O2/c1-15-7(12-6-13-15)4-16-8(17)10(14-9(16)18)2-3-11-5-10/h6,11H,2-5H2,1H3,(H,14,18). The van der Waals surface area contributed by atoms with Crippen LogP contribution >= 0.6 is 0 Å². The van der Waals surface area contributed by atoms with E-state index in [4.69, 9.17) is 0 Å². The van der Waals surface area contributed by atoms with Gasteiger partial charge in [0.2, 0.25) is 0 Å². The second kappa shape index (κ2) is 3.77. The highest BCUT2D eigenvalue weighted by Gasteiger charge is 2.52. The molecular weight excluding hydrogens is 236 g/mol. The van der Waals surface area contributed by atoms with E-state index in [2.05, 4.69) is 20.7 Å². The summed E-state index contributed by atoms with van der Waals surface area (Å²) in [5, 5.41) is 9.80. The first-order chi connectivity index (χ1) is 8.62. The Morgan fingerprint density at radius 3 is 2.94 bits per heavy atom. The van der Waals surface area contributed by atoms with Gasteiger partial charge < -0.3 is 10.6 Å². The van der Waals surface area contributed by atoms with Crippen LogP contribution in [0.15, 0.2) is 6.33 Å². The number of aryl methyl sites for hydroxylation is 1. The van der Waals surface area contributed by atoms with Crippen molar-refractivity contribution in [3.8, 4) is 0 Å². The molecule has 2 aliphatic heterocycles. The van der Waals surface area contributed by atoms with Crippen molar-refractivity contribution in [3.05, 3.63) is 12.2 Å². The van der Waals surface area contributed by atoms with E-state index in [1.54, 1.807) is 11.7 Å². The summed E-state index contributed by atoms with van der Waals surface area (Å²) in [6.07, 6.45) is 2.04. The summed E-state index contributed by atoms with van der Waals surface area (Å²) in [6, 6.07) is -0.355. The minimum atomic E-state index is -0.754. The number of carbonyl (C=O) groups excluding carboxylic acids is 2. The summed E-state index contributed by atoms with van der Waals surface area (Å²) in [5.41, 5.74) is -0.754. The molecule has 2 aliphatic rings. The maximum absolute atomic E-state index is 12.3. The minimum absolute atomic E-state index is 0.156. The monoisotopic (exact) mass is 250 g/mol. The Labute approximate surface area is 103 Å². The van der Waals surface area contributed by atoms with Crippen molar-refractivity contribution in [2.24, 2.45) is 7.05 Å². The third-order valence-electron chi connectivity index (χ3n) is 3.51. The summed E-state index contributed by atoms with van der Waals surface area (Å²) >= 11 is 0. The average molecular weight is 250 g/mol. The van der Waals surface area contributed by atoms with Crippen LogP contribution in [0.4, 0.5) is 4.79 Å². The molecule has 1 atom stereocenters. The van der Waals surface area contributed by atoms with Gasteiger partial charge in [-0.1, -0.05) is 0 Å². The molecule has 8 heteroatoms. The lowest BCUT2D eigenvalue weighted by Gasteiger charge is -2.18. The Kier molecular flexibility index (Phi) is 2.34. The van der Waals surface area contributed by atoms with Crippen molar-refractivity contribution in [2.45, 2.75) is 18.5 Å². The molecule has 1 spiro atoms. The first-order valence-electron chi connectivity index (χ1n) is 5.80. The highest BCUT2D eigenvalue weighted by molar-refractivity contribution is 6.07. The second-order valence-corrected chi connectivity index (χ2v) is 4.63. The highest BCUT2D eigenvalue weighted by atomic mass is 16.2. The first kappa shape index (κ1) is 11.1. The quantitative estimate of drug-likeness (QED) is 0.630. The van der Waals surface area contributed by atoms with Gasteiger partial charge in [-0.25, -0.2) is 9.78 Å². The molecule has 8 nitrogen and oxygen atoms in total. The third-order valence-corrected chi connectivity index (χ3v) is 3.51. The van der Waals surface area contributed by atoms with Gasteiger partial charge in [0.05, 0.1) is 6.54 Å². The number of rotatable bonds is 2. The van der Waals surface area contributed by atoms with Gasteiger partial charge in [0.1, 0.15) is 17.7 Å². The molecule has 2 N–H and O–H groups in total. The molecule has 3 rings (SSSR count). The van der Waals surface area contributed by atoms with E-state index in [9.17, 15) is 9.59 Å². The van der Waals surface area contributed by atoms with Gasteiger partial charge in [0, 0.05) is 13.6 Å². The highest BCUT2D eigenvalue weighted by Crippen LogP contribution is 2.25. The predicted molar refractivity (Wildman–Crippen MR) is 60.3 cm³/mol. The maximum Gasteiger partial charge on any atom is 0.325 e. The van der Waals surface area contributed by atoms with Gasteiger partial charge >= 0.3 is 6.03 Å². The fourth-order valence-electron chi connectivity index (χ4n) is 2.41. The normalized spacial score (nSPS) is 27.3. The Balaban J connectivity index is 1.83. The summed E-state index contributed by atoms with van der Waals surface area (Å²) in [6.45, 7) is 1.39. The van der Waals surface area contributed by atoms with Crippen molar-refractivity contribution in [1.29, 1.82) is 0 Å². The van der Waals surface area contributed by atoms with Crippen molar-refractivity contribution < 1.29 is 9.59 Å². The van der Waals surface area contributed by atoms with Crippen LogP contribution in [0.25, 0.3) is 0 Å². The van der Waals surface area contributed by atoms with Crippen LogP contribution in [0.1, 0.15) is 12.2 Å². The van der Waals surface area contributed by atoms with E-state index < -0.39 is 5.54 Å². The third kappa shape index (κ3) is 1.49. The van der Waals surface area contributed by atoms with Crippen LogP contribution in [0.3, 0.4) is 0 Å². The number of nitrogens with one attached hydrogen (secondary N) is 2. The summed E-state index contributed by atoms with van der Waals surface area (Å²) in [5.74, 6) is 0.405. The minimum Gasteiger partial charge on any atom is -0.322 e. The molecule has 1 aromatic heterocycles. The van der Waals surface area contributed by atoms with Gasteiger partial charge in [-0.15, -0.1) is 0 Å². The Bertz CT molecular complexity index is 504. The van der Waals surface area contributed by atoms with E-state index in [0.29, 0.717) is 18.8 Å². The van der Waals surface area contributed by atoms with Crippen molar-refractivity contribution in [2.75, 3.05) is 13.1 Å². The van der Waals surface area contributed by atoms with Gasteiger partial charge in [-0.05, 0) is 13.0 Å². The van der Waals surface area contributed by atoms with E-state index >= 15 is 0 Å². The fourth-order valence-corrected chi connectivity index (χ4v) is 2.41. The smallest absolute Gasteiger partial charge is 0.322 e. The molecule has 0 saturated carbocycles. The van der Waals surface area contributed by atoms with E-state index in [-0.39, 0.29) is 18.5 Å². The number of amides is 3. The lowest BCUT2D eigenvalue weighted by atomic mass is 9.99. The van der Waals surface area contributed by atoms with E-state index in [1.807, 2.05) is 0 Å². The molecule has 0 radical (unpaired) electrons. The van der Waals surface area contributed by atoms with Gasteiger partial charge in [-0.3, -0.25) is 14.4 Å². The molecule has 2 saturated heterocycles. The molecule has 1 aromatic rings. The number of urea groups is 1. The molecule has 3 amide bonds. The molecule has 96 valence electrons. The van der Waals surface area contributed by atoms with Gasteiger partial charge in [0.25, 0.3) is 5.91 Å². The van der Waals surface area contributed by atoms with Crippen molar-refractivity contribution in [3.63, 3.8) is 0 Å². The van der Waals surface area contributed by atoms with Gasteiger partial charge in [-0.2, -0.15) is 5.10 Å². The zero-order chi connectivity index (χ0) is 12.8.